The molecule has 90 valence electrons. The summed E-state index contributed by atoms with van der Waals surface area (Å²) in [5, 5.41) is 3.47. The van der Waals surface area contributed by atoms with E-state index in [1.807, 2.05) is 33.6 Å². The molecule has 1 aliphatic rings. The molecule has 1 aromatic carbocycles. The van der Waals surface area contributed by atoms with E-state index in [0.717, 1.165) is 5.69 Å². The highest BCUT2D eigenvalue weighted by molar-refractivity contribution is 14.1. The molecule has 1 saturated heterocycles. The van der Waals surface area contributed by atoms with Crippen LogP contribution < -0.4 is 4.90 Å². The summed E-state index contributed by atoms with van der Waals surface area (Å²) in [4.78, 5) is 4.60. The molecule has 1 atom stereocenters. The second kappa shape index (κ2) is 5.52. The van der Waals surface area contributed by atoms with Crippen LogP contribution in [0.3, 0.4) is 0 Å². The van der Waals surface area contributed by atoms with Crippen LogP contribution in [0.15, 0.2) is 23.3 Å². The van der Waals surface area contributed by atoms with Crippen molar-refractivity contribution < 1.29 is 9.13 Å². The number of azide groups is 1. The first-order chi connectivity index (χ1) is 8.20. The van der Waals surface area contributed by atoms with Crippen molar-refractivity contribution in [2.75, 3.05) is 24.7 Å². The molecule has 0 N–H and O–H groups in total. The van der Waals surface area contributed by atoms with Gasteiger partial charge in [0.1, 0.15) is 12.5 Å². The van der Waals surface area contributed by atoms with Crippen molar-refractivity contribution in [2.24, 2.45) is 5.11 Å². The third-order valence-electron chi connectivity index (χ3n) is 2.51. The van der Waals surface area contributed by atoms with E-state index in [1.54, 1.807) is 6.07 Å². The van der Waals surface area contributed by atoms with Crippen molar-refractivity contribution in [1.29, 1.82) is 0 Å². The van der Waals surface area contributed by atoms with Crippen LogP contribution in [-0.2, 0) is 4.74 Å². The van der Waals surface area contributed by atoms with Crippen LogP contribution in [0, 0.1) is 9.39 Å². The van der Waals surface area contributed by atoms with Crippen LogP contribution in [0.5, 0.6) is 0 Å². The molecular weight excluding hydrogens is 338 g/mol. The van der Waals surface area contributed by atoms with Gasteiger partial charge in [-0.15, -0.1) is 0 Å². The van der Waals surface area contributed by atoms with E-state index < -0.39 is 0 Å². The minimum atomic E-state index is -0.235. The number of nitrogens with zero attached hydrogens (tertiary/aromatic N) is 4. The predicted octanol–water partition coefficient (Wildman–Crippen LogP) is 2.90. The lowest BCUT2D eigenvalue weighted by molar-refractivity contribution is 0.122. The third-order valence-corrected chi connectivity index (χ3v) is 3.38. The molecular formula is C10H10FIN4O. The van der Waals surface area contributed by atoms with Gasteiger partial charge in [0.25, 0.3) is 0 Å². The largest absolute Gasteiger partial charge is 0.356 e. The third kappa shape index (κ3) is 2.99. The van der Waals surface area contributed by atoms with Crippen molar-refractivity contribution in [3.8, 4) is 0 Å². The SMILES string of the molecule is [N-]=[N+]=NC[C@H]1CN(c2ccc(I)c(F)c2)CO1. The molecule has 1 aromatic rings. The van der Waals surface area contributed by atoms with Gasteiger partial charge in [0.15, 0.2) is 0 Å². The van der Waals surface area contributed by atoms with E-state index in [0.29, 0.717) is 23.4 Å². The number of rotatable bonds is 3. The number of ether oxygens (including phenoxy) is 1. The quantitative estimate of drug-likeness (QED) is 0.365. The Labute approximate surface area is 111 Å². The zero-order valence-corrected chi connectivity index (χ0v) is 11.0. The molecule has 7 heteroatoms. The van der Waals surface area contributed by atoms with E-state index in [1.165, 1.54) is 6.07 Å². The van der Waals surface area contributed by atoms with Crippen LogP contribution >= 0.6 is 22.6 Å². The van der Waals surface area contributed by atoms with Gasteiger partial charge < -0.3 is 9.64 Å². The number of halogens is 2. The smallest absolute Gasteiger partial charge is 0.138 e. The molecule has 0 saturated carbocycles. The Morgan fingerprint density at radius 2 is 2.47 bits per heavy atom. The minimum absolute atomic E-state index is 0.117. The van der Waals surface area contributed by atoms with E-state index in [4.69, 9.17) is 10.3 Å². The summed E-state index contributed by atoms with van der Waals surface area (Å²) in [6.07, 6.45) is -0.117. The van der Waals surface area contributed by atoms with Crippen molar-refractivity contribution >= 4 is 28.3 Å². The summed E-state index contributed by atoms with van der Waals surface area (Å²) in [5.41, 5.74) is 9.00. The number of anilines is 1. The highest BCUT2D eigenvalue weighted by atomic mass is 127. The fraction of sp³-hybridized carbons (Fsp3) is 0.400. The van der Waals surface area contributed by atoms with Gasteiger partial charge >= 0.3 is 0 Å². The second-order valence-corrected chi connectivity index (χ2v) is 4.81. The topological polar surface area (TPSA) is 61.2 Å². The zero-order valence-electron chi connectivity index (χ0n) is 8.88. The fourth-order valence-corrected chi connectivity index (χ4v) is 1.98. The van der Waals surface area contributed by atoms with E-state index in [2.05, 4.69) is 10.0 Å². The Kier molecular flexibility index (Phi) is 4.03. The molecule has 0 aliphatic carbocycles. The molecule has 0 amide bonds. The van der Waals surface area contributed by atoms with Gasteiger partial charge in [-0.05, 0) is 46.3 Å². The highest BCUT2D eigenvalue weighted by Gasteiger charge is 2.23. The average molecular weight is 348 g/mol. The average Bonchev–Trinajstić information content (AvgIpc) is 2.79. The van der Waals surface area contributed by atoms with Crippen molar-refractivity contribution in [3.05, 3.63) is 38.0 Å². The Morgan fingerprint density at radius 1 is 1.65 bits per heavy atom. The summed E-state index contributed by atoms with van der Waals surface area (Å²) in [6.45, 7) is 1.31. The Balaban J connectivity index is 2.04. The lowest BCUT2D eigenvalue weighted by Gasteiger charge is -2.16. The van der Waals surface area contributed by atoms with Crippen LogP contribution in [0.1, 0.15) is 0 Å². The molecule has 0 bridgehead atoms. The number of hydrogen-bond acceptors (Lipinski definition) is 3. The first-order valence-electron chi connectivity index (χ1n) is 5.03. The standard InChI is InChI=1S/C10H10FIN4O/c11-9-3-7(1-2-10(9)12)16-5-8(17-6-16)4-14-15-13/h1-3,8H,4-6H2/t8-/m0/s1. The maximum absolute atomic E-state index is 13.4. The van der Waals surface area contributed by atoms with Gasteiger partial charge in [0.2, 0.25) is 0 Å². The van der Waals surface area contributed by atoms with Gasteiger partial charge in [-0.3, -0.25) is 0 Å². The highest BCUT2D eigenvalue weighted by Crippen LogP contribution is 2.23. The lowest BCUT2D eigenvalue weighted by atomic mass is 10.2. The summed E-state index contributed by atoms with van der Waals surface area (Å²) >= 11 is 1.95. The van der Waals surface area contributed by atoms with Gasteiger partial charge in [-0.25, -0.2) is 4.39 Å². The molecule has 0 unspecified atom stereocenters. The second-order valence-electron chi connectivity index (χ2n) is 3.65. The van der Waals surface area contributed by atoms with Gasteiger partial charge in [0, 0.05) is 20.7 Å². The monoisotopic (exact) mass is 348 g/mol. The Bertz CT molecular complexity index is 464. The summed E-state index contributed by atoms with van der Waals surface area (Å²) in [5.74, 6) is -0.235. The molecule has 1 heterocycles. The first kappa shape index (κ1) is 12.4. The normalized spacial score (nSPS) is 19.2. The Morgan fingerprint density at radius 3 is 3.18 bits per heavy atom. The number of hydrogen-bond donors (Lipinski definition) is 0. The van der Waals surface area contributed by atoms with Crippen molar-refractivity contribution in [2.45, 2.75) is 6.10 Å². The molecule has 0 radical (unpaired) electrons. The molecule has 1 aliphatic heterocycles. The van der Waals surface area contributed by atoms with E-state index >= 15 is 0 Å². The van der Waals surface area contributed by atoms with Crippen molar-refractivity contribution in [3.63, 3.8) is 0 Å². The zero-order chi connectivity index (χ0) is 12.3. The fourth-order valence-electron chi connectivity index (χ4n) is 1.65. The van der Waals surface area contributed by atoms with Crippen molar-refractivity contribution in [1.82, 2.24) is 0 Å². The van der Waals surface area contributed by atoms with E-state index in [-0.39, 0.29) is 11.9 Å². The van der Waals surface area contributed by atoms with Gasteiger partial charge in [0.05, 0.1) is 12.6 Å². The molecule has 1 fully saturated rings. The van der Waals surface area contributed by atoms with Gasteiger partial charge in [-0.1, -0.05) is 5.11 Å². The summed E-state index contributed by atoms with van der Waals surface area (Å²) in [7, 11) is 0. The number of benzene rings is 1. The summed E-state index contributed by atoms with van der Waals surface area (Å²) in [6, 6.07) is 5.07. The van der Waals surface area contributed by atoms with Gasteiger partial charge in [-0.2, -0.15) is 0 Å². The molecule has 5 nitrogen and oxygen atoms in total. The maximum Gasteiger partial charge on any atom is 0.138 e. The van der Waals surface area contributed by atoms with E-state index in [9.17, 15) is 4.39 Å². The lowest BCUT2D eigenvalue weighted by Crippen LogP contribution is -2.22. The molecule has 0 aromatic heterocycles. The Hall–Kier alpha value is -1.05. The first-order valence-corrected chi connectivity index (χ1v) is 6.11. The van der Waals surface area contributed by atoms with Crippen LogP contribution in [0.4, 0.5) is 10.1 Å². The minimum Gasteiger partial charge on any atom is -0.356 e. The predicted molar refractivity (Wildman–Crippen MR) is 70.2 cm³/mol. The molecule has 17 heavy (non-hydrogen) atoms. The van der Waals surface area contributed by atoms with Crippen LogP contribution in [0.2, 0.25) is 0 Å². The maximum atomic E-state index is 13.4. The van der Waals surface area contributed by atoms with Crippen LogP contribution in [0.25, 0.3) is 10.4 Å². The van der Waals surface area contributed by atoms with Crippen LogP contribution in [-0.4, -0.2) is 25.9 Å². The molecule has 0 spiro atoms. The molecule has 2 rings (SSSR count). The summed E-state index contributed by atoms with van der Waals surface area (Å²) < 4.78 is 19.4.